The van der Waals surface area contributed by atoms with Gasteiger partial charge in [0.1, 0.15) is 0 Å². The molecule has 7 heteroatoms. The van der Waals surface area contributed by atoms with Crippen LogP contribution < -0.4 is 0 Å². The number of fused-ring (bicyclic) bond motifs is 8. The molecule has 2 spiro atoms. The number of rotatable bonds is 0. The molecule has 0 aromatic rings. The molecule has 10 atom stereocenters. The fraction of sp³-hybridized carbons (Fsp3) is 1.00. The van der Waals surface area contributed by atoms with E-state index in [1.807, 2.05) is 0 Å². The maximum absolute atomic E-state index is 5.49. The predicted molar refractivity (Wildman–Crippen MR) is 134 cm³/mol. The van der Waals surface area contributed by atoms with E-state index < -0.39 is 0 Å². The van der Waals surface area contributed by atoms with Crippen LogP contribution in [-0.2, 0) is 0 Å². The Balaban J connectivity index is 1.74. The second-order valence-corrected chi connectivity index (χ2v) is 14.0. The van der Waals surface area contributed by atoms with E-state index in [1.165, 1.54) is 25.7 Å². The zero-order valence-corrected chi connectivity index (χ0v) is 20.7. The van der Waals surface area contributed by atoms with E-state index in [0.717, 1.165) is 0 Å². The molecule has 0 saturated heterocycles. The first-order chi connectivity index (χ1) is 12.3. The highest BCUT2D eigenvalue weighted by Crippen LogP contribution is 2.77. The molecule has 6 aliphatic rings. The van der Waals surface area contributed by atoms with Gasteiger partial charge in [-0.15, -0.1) is 0 Å². The topological polar surface area (TPSA) is 0 Å². The molecule has 0 amide bonds. The zero-order valence-electron chi connectivity index (χ0n) is 14.5. The number of hydrogen-bond donors (Lipinski definition) is 7. The molecule has 8 bridgehead atoms. The van der Waals surface area contributed by atoms with Crippen LogP contribution in [0.3, 0.4) is 0 Å². The quantitative estimate of drug-likeness (QED) is 0.246. The van der Waals surface area contributed by atoms with Crippen molar-refractivity contribution in [1.82, 2.24) is 0 Å². The van der Waals surface area contributed by atoms with E-state index in [4.69, 9.17) is 88.4 Å². The summed E-state index contributed by atoms with van der Waals surface area (Å²) in [7, 11) is 0. The van der Waals surface area contributed by atoms with Gasteiger partial charge in [0.25, 0.3) is 0 Å². The molecule has 0 nitrogen and oxygen atoms in total. The Kier molecular flexibility index (Phi) is 4.29. The highest BCUT2D eigenvalue weighted by atomic mass is 32.1. The van der Waals surface area contributed by atoms with Crippen LogP contribution in [0.1, 0.15) is 25.7 Å². The van der Waals surface area contributed by atoms with Crippen molar-refractivity contribution in [2.75, 3.05) is 0 Å². The minimum atomic E-state index is -0.0549. The van der Waals surface area contributed by atoms with Crippen LogP contribution in [0.15, 0.2) is 0 Å². The molecule has 0 radical (unpaired) electrons. The van der Waals surface area contributed by atoms with Gasteiger partial charge in [-0.05, 0) is 61.2 Å². The summed E-state index contributed by atoms with van der Waals surface area (Å²) in [5, 5.41) is 2.08. The Morgan fingerprint density at radius 1 is 0.423 bits per heavy atom. The van der Waals surface area contributed by atoms with Gasteiger partial charge in [-0.25, -0.2) is 0 Å². The fourth-order valence-corrected chi connectivity index (χ4v) is 16.1. The predicted octanol–water partition coefficient (Wildman–Crippen LogP) is 4.39. The molecule has 0 aromatic carbocycles. The van der Waals surface area contributed by atoms with Crippen molar-refractivity contribution in [2.45, 2.75) is 62.4 Å². The largest absolute Gasteiger partial charge is 0.175 e. The molecular formula is C19H28S7. The first kappa shape index (κ1) is 19.2. The number of thiol groups is 7. The van der Waals surface area contributed by atoms with Gasteiger partial charge in [0, 0.05) is 47.6 Å². The van der Waals surface area contributed by atoms with Crippen LogP contribution in [0, 0.1) is 46.3 Å². The van der Waals surface area contributed by atoms with Gasteiger partial charge in [0.2, 0.25) is 0 Å². The highest BCUT2D eigenvalue weighted by molar-refractivity contribution is 7.85. The van der Waals surface area contributed by atoms with E-state index in [9.17, 15) is 0 Å². The fourth-order valence-electron chi connectivity index (χ4n) is 9.01. The minimum Gasteiger partial charge on any atom is -0.175 e. The van der Waals surface area contributed by atoms with Crippen molar-refractivity contribution >= 4 is 88.4 Å². The maximum atomic E-state index is 5.49. The Morgan fingerprint density at radius 3 is 0.962 bits per heavy atom. The second-order valence-electron chi connectivity index (χ2n) is 10.2. The molecule has 0 aromatic heterocycles. The van der Waals surface area contributed by atoms with Gasteiger partial charge < -0.3 is 0 Å². The Bertz CT molecular complexity index is 564. The van der Waals surface area contributed by atoms with Crippen molar-refractivity contribution < 1.29 is 0 Å². The van der Waals surface area contributed by atoms with Crippen molar-refractivity contribution in [3.63, 3.8) is 0 Å². The average Bonchev–Trinajstić information content (AvgIpc) is 2.65. The lowest BCUT2D eigenvalue weighted by atomic mass is 9.50. The summed E-state index contributed by atoms with van der Waals surface area (Å²) < 4.78 is 0. The molecule has 0 aliphatic heterocycles. The van der Waals surface area contributed by atoms with Crippen LogP contribution in [0.2, 0.25) is 0 Å². The van der Waals surface area contributed by atoms with Crippen molar-refractivity contribution in [2.24, 2.45) is 46.3 Å². The average molecular weight is 481 g/mol. The number of hydrogen-bond acceptors (Lipinski definition) is 7. The Labute approximate surface area is 195 Å². The SMILES string of the molecule is SC1C2CC3C4CC5CC6C(C2)C(S)C1(C3S)C(S)C(C5S)(C4S)C6S. The minimum absolute atomic E-state index is 0.0549. The lowest BCUT2D eigenvalue weighted by Crippen LogP contribution is -2.68. The lowest BCUT2D eigenvalue weighted by molar-refractivity contribution is -0.0150. The summed E-state index contributed by atoms with van der Waals surface area (Å²) in [6.45, 7) is 0. The molecule has 0 heterocycles. The molecule has 6 aliphatic carbocycles. The van der Waals surface area contributed by atoms with Crippen LogP contribution in [0.25, 0.3) is 0 Å². The summed E-state index contributed by atoms with van der Waals surface area (Å²) in [6, 6.07) is 0. The molecule has 26 heavy (non-hydrogen) atoms. The third kappa shape index (κ3) is 1.77. The highest BCUT2D eigenvalue weighted by Gasteiger charge is 2.79. The third-order valence-corrected chi connectivity index (χ3v) is 15.9. The van der Waals surface area contributed by atoms with E-state index in [-0.39, 0.29) is 16.1 Å². The van der Waals surface area contributed by atoms with Crippen molar-refractivity contribution in [3.8, 4) is 0 Å². The summed E-state index contributed by atoms with van der Waals surface area (Å²) in [6.07, 6.45) is 5.08. The second kappa shape index (κ2) is 5.82. The van der Waals surface area contributed by atoms with Gasteiger partial charge >= 0.3 is 0 Å². The van der Waals surface area contributed by atoms with Gasteiger partial charge in [0.05, 0.1) is 0 Å². The van der Waals surface area contributed by atoms with E-state index >= 15 is 0 Å². The Morgan fingerprint density at radius 2 is 0.692 bits per heavy atom. The van der Waals surface area contributed by atoms with Gasteiger partial charge in [-0.2, -0.15) is 88.4 Å². The normalized spacial score (nSPS) is 73.3. The van der Waals surface area contributed by atoms with Crippen LogP contribution in [0.5, 0.6) is 0 Å². The van der Waals surface area contributed by atoms with Crippen molar-refractivity contribution in [3.05, 3.63) is 0 Å². The molecular weight excluding hydrogens is 453 g/mol. The van der Waals surface area contributed by atoms with Gasteiger partial charge in [-0.1, -0.05) is 0 Å². The van der Waals surface area contributed by atoms with Crippen LogP contribution >= 0.6 is 88.4 Å². The molecule has 6 fully saturated rings. The Hall–Kier alpha value is 2.45. The summed E-state index contributed by atoms with van der Waals surface area (Å²) >= 11 is 37.6. The third-order valence-electron chi connectivity index (χ3n) is 9.94. The summed E-state index contributed by atoms with van der Waals surface area (Å²) in [4.78, 5) is 0. The molecule has 10 unspecified atom stereocenters. The standard InChI is InChI=1S/C19H28S7/c20-11-5-1-7-8-3-6-4-10-9(2-5)15(24)18(11,13(7)22)17(26)19(12(6)21,14(8)23)16(10)25/h5-17,20-26H,1-4H2. The molecule has 6 rings (SSSR count). The summed E-state index contributed by atoms with van der Waals surface area (Å²) in [5.74, 6) is 3.78. The zero-order chi connectivity index (χ0) is 18.3. The lowest BCUT2D eigenvalue weighted by Gasteiger charge is -2.63. The van der Waals surface area contributed by atoms with E-state index in [2.05, 4.69) is 0 Å². The smallest absolute Gasteiger partial charge is 0.0193 e. The van der Waals surface area contributed by atoms with Gasteiger partial charge in [-0.3, -0.25) is 0 Å². The van der Waals surface area contributed by atoms with Crippen molar-refractivity contribution in [1.29, 1.82) is 0 Å². The maximum Gasteiger partial charge on any atom is 0.0193 e. The van der Waals surface area contributed by atoms with Gasteiger partial charge in [0.15, 0.2) is 0 Å². The van der Waals surface area contributed by atoms with E-state index in [0.29, 0.717) is 67.0 Å². The molecule has 0 N–H and O–H groups in total. The molecule has 6 saturated carbocycles. The first-order valence-electron chi connectivity index (χ1n) is 10.0. The summed E-state index contributed by atoms with van der Waals surface area (Å²) in [5.41, 5.74) is -0.110. The van der Waals surface area contributed by atoms with E-state index in [1.54, 1.807) is 0 Å². The van der Waals surface area contributed by atoms with Crippen LogP contribution in [-0.4, -0.2) is 36.7 Å². The molecule has 146 valence electrons. The van der Waals surface area contributed by atoms with Crippen LogP contribution in [0.4, 0.5) is 0 Å². The monoisotopic (exact) mass is 480 g/mol. The first-order valence-corrected chi connectivity index (χ1v) is 13.7.